The van der Waals surface area contributed by atoms with Gasteiger partial charge in [0.15, 0.2) is 0 Å². The minimum Gasteiger partial charge on any atom is -0.381 e. The molecular formula is C16H30N2O2. The second-order valence-corrected chi connectivity index (χ2v) is 6.97. The van der Waals surface area contributed by atoms with E-state index in [0.717, 1.165) is 45.4 Å². The molecular weight excluding hydrogens is 252 g/mol. The van der Waals surface area contributed by atoms with Gasteiger partial charge in [-0.15, -0.1) is 0 Å². The molecule has 0 radical (unpaired) electrons. The third-order valence-electron chi connectivity index (χ3n) is 5.25. The van der Waals surface area contributed by atoms with Crippen molar-refractivity contribution in [2.24, 2.45) is 29.4 Å². The van der Waals surface area contributed by atoms with E-state index in [1.54, 1.807) is 0 Å². The molecule has 4 nitrogen and oxygen atoms in total. The van der Waals surface area contributed by atoms with Crippen molar-refractivity contribution in [1.82, 2.24) is 4.90 Å². The van der Waals surface area contributed by atoms with E-state index >= 15 is 0 Å². The Hall–Kier alpha value is -0.610. The van der Waals surface area contributed by atoms with Gasteiger partial charge in [-0.1, -0.05) is 13.8 Å². The van der Waals surface area contributed by atoms with Crippen LogP contribution in [-0.2, 0) is 9.53 Å². The Balaban J connectivity index is 1.88. The minimum atomic E-state index is 0.117. The van der Waals surface area contributed by atoms with Crippen LogP contribution in [0.4, 0.5) is 0 Å². The van der Waals surface area contributed by atoms with Crippen LogP contribution in [0.25, 0.3) is 0 Å². The Morgan fingerprint density at radius 2 is 1.85 bits per heavy atom. The molecule has 2 fully saturated rings. The molecule has 0 bridgehead atoms. The van der Waals surface area contributed by atoms with Crippen LogP contribution in [0.5, 0.6) is 0 Å². The smallest absolute Gasteiger partial charge is 0.225 e. The van der Waals surface area contributed by atoms with Crippen molar-refractivity contribution >= 4 is 5.91 Å². The molecule has 2 N–H and O–H groups in total. The van der Waals surface area contributed by atoms with Gasteiger partial charge in [-0.25, -0.2) is 0 Å². The largest absolute Gasteiger partial charge is 0.381 e. The summed E-state index contributed by atoms with van der Waals surface area (Å²) in [6.45, 7) is 6.96. The summed E-state index contributed by atoms with van der Waals surface area (Å²) >= 11 is 0. The van der Waals surface area contributed by atoms with E-state index in [-0.39, 0.29) is 12.0 Å². The molecule has 1 amide bonds. The number of hydrogen-bond acceptors (Lipinski definition) is 3. The standard InChI is InChI=1S/C16H30N2O2/c1-11-8-12(2)15(17)9-14(11)16(19)18(3)10-13-4-6-20-7-5-13/h11-15H,4-10,17H2,1-3H3. The van der Waals surface area contributed by atoms with Crippen molar-refractivity contribution in [1.29, 1.82) is 0 Å². The molecule has 1 heterocycles. The summed E-state index contributed by atoms with van der Waals surface area (Å²) in [5.41, 5.74) is 6.17. The zero-order valence-corrected chi connectivity index (χ0v) is 13.2. The van der Waals surface area contributed by atoms with Gasteiger partial charge in [0.05, 0.1) is 0 Å². The normalized spacial score (nSPS) is 35.8. The summed E-state index contributed by atoms with van der Waals surface area (Å²) in [7, 11) is 1.95. The van der Waals surface area contributed by atoms with E-state index in [1.807, 2.05) is 11.9 Å². The quantitative estimate of drug-likeness (QED) is 0.860. The highest BCUT2D eigenvalue weighted by atomic mass is 16.5. The second kappa shape index (κ2) is 6.90. The van der Waals surface area contributed by atoms with Gasteiger partial charge in [-0.3, -0.25) is 4.79 Å². The van der Waals surface area contributed by atoms with Crippen LogP contribution in [0.3, 0.4) is 0 Å². The molecule has 1 saturated carbocycles. The fourth-order valence-electron chi connectivity index (χ4n) is 3.72. The highest BCUT2D eigenvalue weighted by molar-refractivity contribution is 5.79. The van der Waals surface area contributed by atoms with Gasteiger partial charge in [-0.05, 0) is 43.4 Å². The fourth-order valence-corrected chi connectivity index (χ4v) is 3.72. The van der Waals surface area contributed by atoms with E-state index < -0.39 is 0 Å². The number of carbonyl (C=O) groups excluding carboxylic acids is 1. The lowest BCUT2D eigenvalue weighted by molar-refractivity contribution is -0.138. The molecule has 20 heavy (non-hydrogen) atoms. The predicted octanol–water partition coefficient (Wildman–Crippen LogP) is 1.88. The van der Waals surface area contributed by atoms with Gasteiger partial charge in [-0.2, -0.15) is 0 Å². The Kier molecular flexibility index (Phi) is 5.44. The van der Waals surface area contributed by atoms with E-state index in [2.05, 4.69) is 13.8 Å². The number of nitrogens with zero attached hydrogens (tertiary/aromatic N) is 1. The maximum Gasteiger partial charge on any atom is 0.225 e. The number of hydrogen-bond donors (Lipinski definition) is 1. The van der Waals surface area contributed by atoms with Gasteiger partial charge in [0.25, 0.3) is 0 Å². The van der Waals surface area contributed by atoms with Crippen molar-refractivity contribution in [3.63, 3.8) is 0 Å². The maximum atomic E-state index is 12.7. The van der Waals surface area contributed by atoms with Gasteiger partial charge in [0.2, 0.25) is 5.91 Å². The van der Waals surface area contributed by atoms with Crippen molar-refractivity contribution in [3.8, 4) is 0 Å². The molecule has 0 aromatic rings. The summed E-state index contributed by atoms with van der Waals surface area (Å²) in [6, 6.07) is 0.177. The molecule has 116 valence electrons. The molecule has 2 aliphatic rings. The SMILES string of the molecule is CC1CC(C)C(C(=O)N(C)CC2CCOCC2)CC1N. The van der Waals surface area contributed by atoms with Crippen LogP contribution in [0, 0.1) is 23.7 Å². The Morgan fingerprint density at radius 3 is 2.50 bits per heavy atom. The maximum absolute atomic E-state index is 12.7. The fraction of sp³-hybridized carbons (Fsp3) is 0.938. The van der Waals surface area contributed by atoms with Crippen LogP contribution in [-0.4, -0.2) is 43.7 Å². The summed E-state index contributed by atoms with van der Waals surface area (Å²) < 4.78 is 5.38. The highest BCUT2D eigenvalue weighted by Gasteiger charge is 2.36. The third kappa shape index (κ3) is 3.73. The molecule has 0 aromatic heterocycles. The lowest BCUT2D eigenvalue weighted by atomic mass is 9.72. The topological polar surface area (TPSA) is 55.6 Å². The van der Waals surface area contributed by atoms with Crippen LogP contribution >= 0.6 is 0 Å². The van der Waals surface area contributed by atoms with E-state index in [4.69, 9.17) is 10.5 Å². The van der Waals surface area contributed by atoms with Crippen molar-refractivity contribution in [3.05, 3.63) is 0 Å². The number of rotatable bonds is 3. The average molecular weight is 282 g/mol. The van der Waals surface area contributed by atoms with Crippen LogP contribution < -0.4 is 5.73 Å². The first-order valence-electron chi connectivity index (χ1n) is 8.07. The monoisotopic (exact) mass is 282 g/mol. The predicted molar refractivity (Wildman–Crippen MR) is 80.2 cm³/mol. The van der Waals surface area contributed by atoms with Crippen LogP contribution in [0.1, 0.15) is 39.5 Å². The highest BCUT2D eigenvalue weighted by Crippen LogP contribution is 2.34. The summed E-state index contributed by atoms with van der Waals surface area (Å²) in [5, 5.41) is 0. The van der Waals surface area contributed by atoms with E-state index in [9.17, 15) is 4.79 Å². The molecule has 4 unspecified atom stereocenters. The Bertz CT molecular complexity index is 328. The second-order valence-electron chi connectivity index (χ2n) is 6.97. The van der Waals surface area contributed by atoms with Crippen LogP contribution in [0.2, 0.25) is 0 Å². The summed E-state index contributed by atoms with van der Waals surface area (Å²) in [5.74, 6) is 2.01. The number of nitrogens with two attached hydrogens (primary N) is 1. The molecule has 4 atom stereocenters. The summed E-state index contributed by atoms with van der Waals surface area (Å²) in [4.78, 5) is 14.6. The van der Waals surface area contributed by atoms with Crippen molar-refractivity contribution < 1.29 is 9.53 Å². The Labute approximate surface area is 123 Å². The molecule has 0 spiro atoms. The van der Waals surface area contributed by atoms with E-state index in [1.165, 1.54) is 0 Å². The molecule has 2 rings (SSSR count). The van der Waals surface area contributed by atoms with Gasteiger partial charge < -0.3 is 15.4 Å². The van der Waals surface area contributed by atoms with Crippen molar-refractivity contribution in [2.75, 3.05) is 26.8 Å². The minimum absolute atomic E-state index is 0.117. The molecule has 0 aromatic carbocycles. The number of carbonyl (C=O) groups is 1. The summed E-state index contributed by atoms with van der Waals surface area (Å²) in [6.07, 6.45) is 4.07. The van der Waals surface area contributed by atoms with Crippen molar-refractivity contribution in [2.45, 2.75) is 45.6 Å². The van der Waals surface area contributed by atoms with E-state index in [0.29, 0.717) is 23.7 Å². The van der Waals surface area contributed by atoms with Gasteiger partial charge in [0.1, 0.15) is 0 Å². The first kappa shape index (κ1) is 15.8. The number of amides is 1. The number of ether oxygens (including phenoxy) is 1. The zero-order chi connectivity index (χ0) is 14.7. The van der Waals surface area contributed by atoms with Gasteiger partial charge in [0, 0.05) is 38.8 Å². The first-order valence-corrected chi connectivity index (χ1v) is 8.07. The first-order chi connectivity index (χ1) is 9.49. The Morgan fingerprint density at radius 1 is 1.20 bits per heavy atom. The molecule has 4 heteroatoms. The average Bonchev–Trinajstić information content (AvgIpc) is 2.43. The lowest BCUT2D eigenvalue weighted by Crippen LogP contribution is -2.46. The van der Waals surface area contributed by atoms with Gasteiger partial charge >= 0.3 is 0 Å². The molecule has 1 aliphatic carbocycles. The zero-order valence-electron chi connectivity index (χ0n) is 13.2. The molecule has 1 saturated heterocycles. The lowest BCUT2D eigenvalue weighted by Gasteiger charge is -2.38. The third-order valence-corrected chi connectivity index (χ3v) is 5.25. The van der Waals surface area contributed by atoms with Crippen LogP contribution in [0.15, 0.2) is 0 Å². The molecule has 1 aliphatic heterocycles.